The number of alkyl halides is 2. The van der Waals surface area contributed by atoms with Crippen LogP contribution in [-0.4, -0.2) is 18.2 Å². The number of methoxy groups -OCH3 is 1. The molecular weight excluding hydrogens is 401 g/mol. The molecule has 1 heterocycles. The van der Waals surface area contributed by atoms with E-state index in [1.165, 1.54) is 7.11 Å². The molecule has 0 saturated carbocycles. The quantitative estimate of drug-likeness (QED) is 0.551. The lowest BCUT2D eigenvalue weighted by molar-refractivity contribution is 0.0599. The van der Waals surface area contributed by atoms with E-state index in [-0.39, 0.29) is 9.30 Å². The number of aromatic nitrogens is 1. The summed E-state index contributed by atoms with van der Waals surface area (Å²) in [5.74, 6) is -0.169. The van der Waals surface area contributed by atoms with Crippen molar-refractivity contribution >= 4 is 49.4 Å². The van der Waals surface area contributed by atoms with Gasteiger partial charge in [0.25, 0.3) is 0 Å². The number of hydrogen-bond donors (Lipinski definition) is 0. The molecule has 0 amide bonds. The second kappa shape index (κ2) is 6.07. The van der Waals surface area contributed by atoms with Crippen molar-refractivity contribution < 1.29 is 14.1 Å². The van der Waals surface area contributed by atoms with Crippen LogP contribution in [0, 0.1) is 0 Å². The van der Waals surface area contributed by atoms with Crippen LogP contribution in [0.1, 0.15) is 19.9 Å². The molecule has 0 N–H and O–H groups in total. The monoisotopic (exact) mass is 407 g/mol. The summed E-state index contributed by atoms with van der Waals surface area (Å²) in [5.41, 5.74) is 1.35. The van der Waals surface area contributed by atoms with E-state index in [2.05, 4.69) is 37.0 Å². The zero-order valence-corrected chi connectivity index (χ0v) is 13.6. The summed E-state index contributed by atoms with van der Waals surface area (Å²) in [7, 11) is 1.30. The first-order valence-electron chi connectivity index (χ1n) is 5.16. The van der Waals surface area contributed by atoms with E-state index >= 15 is 0 Å². The van der Waals surface area contributed by atoms with Crippen molar-refractivity contribution in [2.75, 3.05) is 7.11 Å². The normalized spacial score (nSPS) is 10.8. The summed E-state index contributed by atoms with van der Waals surface area (Å²) in [6, 6.07) is 7.00. The molecule has 2 rings (SSSR count). The molecule has 0 spiro atoms. The van der Waals surface area contributed by atoms with Gasteiger partial charge >= 0.3 is 5.97 Å². The second-order valence-corrected chi connectivity index (χ2v) is 7.07. The lowest BCUT2D eigenvalue weighted by Gasteiger charge is -2.03. The molecule has 0 radical (unpaired) electrons. The molecule has 0 aliphatic carbocycles. The lowest BCUT2D eigenvalue weighted by Crippen LogP contribution is -2.05. The van der Waals surface area contributed by atoms with E-state index in [1.807, 2.05) is 0 Å². The van der Waals surface area contributed by atoms with Crippen LogP contribution in [0.4, 0.5) is 0 Å². The Labute approximate surface area is 131 Å². The Morgan fingerprint density at radius 2 is 2.21 bits per heavy atom. The topological polar surface area (TPSA) is 52.3 Å². The average molecular weight is 409 g/mol. The second-order valence-electron chi connectivity index (χ2n) is 3.57. The molecule has 19 heavy (non-hydrogen) atoms. The SMILES string of the molecule is COC(=O)c1c(-c2cccc(Cl)c2)noc1C(Br)Br. The molecule has 1 aromatic carbocycles. The van der Waals surface area contributed by atoms with Crippen molar-refractivity contribution in [1.29, 1.82) is 0 Å². The highest BCUT2D eigenvalue weighted by Gasteiger charge is 2.27. The fourth-order valence-electron chi connectivity index (χ4n) is 1.58. The third-order valence-corrected chi connectivity index (χ3v) is 3.47. The van der Waals surface area contributed by atoms with Crippen LogP contribution >= 0.6 is 43.5 Å². The minimum absolute atomic E-state index is 0.267. The highest BCUT2D eigenvalue weighted by atomic mass is 79.9. The van der Waals surface area contributed by atoms with Crippen LogP contribution in [0.2, 0.25) is 5.02 Å². The predicted molar refractivity (Wildman–Crippen MR) is 78.9 cm³/mol. The molecule has 1 aromatic heterocycles. The maximum Gasteiger partial charge on any atom is 0.343 e. The number of hydrogen-bond acceptors (Lipinski definition) is 4. The summed E-state index contributed by atoms with van der Waals surface area (Å²) >= 11 is 12.5. The van der Waals surface area contributed by atoms with Gasteiger partial charge in [0.05, 0.1) is 7.11 Å². The average Bonchev–Trinajstić information content (AvgIpc) is 2.82. The third-order valence-electron chi connectivity index (χ3n) is 2.40. The van der Waals surface area contributed by atoms with Crippen LogP contribution in [0.25, 0.3) is 11.3 Å². The van der Waals surface area contributed by atoms with Gasteiger partial charge in [-0.05, 0) is 12.1 Å². The minimum atomic E-state index is -0.518. The van der Waals surface area contributed by atoms with Gasteiger partial charge in [0, 0.05) is 10.6 Å². The standard InChI is InChI=1S/C12H8Br2ClNO3/c1-18-12(17)8-9(16-19-10(8)11(13)14)6-3-2-4-7(15)5-6/h2-5,11H,1H3. The lowest BCUT2D eigenvalue weighted by atomic mass is 10.1. The number of ether oxygens (including phenoxy) is 1. The number of benzene rings is 1. The first-order valence-corrected chi connectivity index (χ1v) is 7.37. The Bertz CT molecular complexity index is 613. The molecule has 0 atom stereocenters. The van der Waals surface area contributed by atoms with Crippen molar-refractivity contribution in [2.45, 2.75) is 3.74 Å². The van der Waals surface area contributed by atoms with E-state index in [4.69, 9.17) is 20.9 Å². The Morgan fingerprint density at radius 3 is 2.79 bits per heavy atom. The number of esters is 1. The van der Waals surface area contributed by atoms with Gasteiger partial charge in [0.1, 0.15) is 15.0 Å². The van der Waals surface area contributed by atoms with Crippen LogP contribution in [0.5, 0.6) is 0 Å². The van der Waals surface area contributed by atoms with Gasteiger partial charge in [0.2, 0.25) is 0 Å². The summed E-state index contributed by atoms with van der Waals surface area (Å²) in [5, 5.41) is 4.47. The molecule has 4 nitrogen and oxygen atoms in total. The highest BCUT2D eigenvalue weighted by Crippen LogP contribution is 2.37. The minimum Gasteiger partial charge on any atom is -0.465 e. The molecule has 2 aromatic rings. The maximum atomic E-state index is 11.9. The van der Waals surface area contributed by atoms with Gasteiger partial charge in [-0.2, -0.15) is 0 Å². The van der Waals surface area contributed by atoms with Crippen LogP contribution in [-0.2, 0) is 4.74 Å². The van der Waals surface area contributed by atoms with Gasteiger partial charge in [-0.15, -0.1) is 0 Å². The van der Waals surface area contributed by atoms with E-state index in [9.17, 15) is 4.79 Å². The highest BCUT2D eigenvalue weighted by molar-refractivity contribution is 9.24. The third kappa shape index (κ3) is 3.01. The van der Waals surface area contributed by atoms with Crippen molar-refractivity contribution in [1.82, 2.24) is 5.16 Å². The number of carbonyl (C=O) groups is 1. The number of nitrogens with zero attached hydrogens (tertiary/aromatic N) is 1. The number of carbonyl (C=O) groups excluding carboxylic acids is 1. The van der Waals surface area contributed by atoms with Crippen LogP contribution < -0.4 is 0 Å². The maximum absolute atomic E-state index is 11.9. The van der Waals surface area contributed by atoms with E-state index in [1.54, 1.807) is 24.3 Å². The Kier molecular flexibility index (Phi) is 4.65. The fraction of sp³-hybridized carbons (Fsp3) is 0.167. The summed E-state index contributed by atoms with van der Waals surface area (Å²) in [4.78, 5) is 11.9. The Hall–Kier alpha value is -0.850. The molecule has 0 aliphatic heterocycles. The molecule has 0 fully saturated rings. The Morgan fingerprint density at radius 1 is 1.47 bits per heavy atom. The molecule has 0 saturated heterocycles. The van der Waals surface area contributed by atoms with E-state index < -0.39 is 5.97 Å². The fourth-order valence-corrected chi connectivity index (χ4v) is 2.40. The molecule has 0 unspecified atom stereocenters. The molecule has 0 bridgehead atoms. The number of rotatable bonds is 3. The van der Waals surface area contributed by atoms with Crippen LogP contribution in [0.3, 0.4) is 0 Å². The first-order chi connectivity index (χ1) is 9.04. The van der Waals surface area contributed by atoms with E-state index in [0.29, 0.717) is 22.0 Å². The van der Waals surface area contributed by atoms with Gasteiger partial charge in [-0.25, -0.2) is 4.79 Å². The van der Waals surface area contributed by atoms with Crippen LogP contribution in [0.15, 0.2) is 28.8 Å². The smallest absolute Gasteiger partial charge is 0.343 e. The molecule has 0 aliphatic rings. The number of halogens is 3. The van der Waals surface area contributed by atoms with Gasteiger partial charge in [0.15, 0.2) is 5.76 Å². The van der Waals surface area contributed by atoms with Crippen molar-refractivity contribution in [3.05, 3.63) is 40.6 Å². The summed E-state index contributed by atoms with van der Waals surface area (Å²) in [6.07, 6.45) is 0. The first kappa shape index (κ1) is 14.6. The Balaban J connectivity index is 2.61. The van der Waals surface area contributed by atoms with Crippen molar-refractivity contribution in [2.24, 2.45) is 0 Å². The van der Waals surface area contributed by atoms with E-state index in [0.717, 1.165) is 0 Å². The zero-order chi connectivity index (χ0) is 14.0. The largest absolute Gasteiger partial charge is 0.465 e. The van der Waals surface area contributed by atoms with Gasteiger partial charge < -0.3 is 9.26 Å². The summed E-state index contributed by atoms with van der Waals surface area (Å²) < 4.78 is 9.61. The zero-order valence-electron chi connectivity index (χ0n) is 9.69. The summed E-state index contributed by atoms with van der Waals surface area (Å²) in [6.45, 7) is 0. The van der Waals surface area contributed by atoms with Gasteiger partial charge in [-0.3, -0.25) is 0 Å². The molecule has 100 valence electrons. The van der Waals surface area contributed by atoms with Crippen molar-refractivity contribution in [3.8, 4) is 11.3 Å². The predicted octanol–water partition coefficient (Wildman–Crippen LogP) is 4.57. The molecular formula is C12H8Br2ClNO3. The van der Waals surface area contributed by atoms with Crippen molar-refractivity contribution in [3.63, 3.8) is 0 Å². The molecule has 7 heteroatoms. The van der Waals surface area contributed by atoms with Gasteiger partial charge in [-0.1, -0.05) is 60.8 Å².